The summed E-state index contributed by atoms with van der Waals surface area (Å²) >= 11 is 1.31. The van der Waals surface area contributed by atoms with Crippen LogP contribution in [0.4, 0.5) is 0 Å². The summed E-state index contributed by atoms with van der Waals surface area (Å²) in [4.78, 5) is 12.0. The van der Waals surface area contributed by atoms with E-state index in [-0.39, 0.29) is 5.78 Å². The molecule has 0 amide bonds. The van der Waals surface area contributed by atoms with Gasteiger partial charge < -0.3 is 4.74 Å². The maximum Gasteiger partial charge on any atom is 0.188 e. The molecule has 88 valence electrons. The quantitative estimate of drug-likeness (QED) is 0.757. The van der Waals surface area contributed by atoms with Gasteiger partial charge in [-0.05, 0) is 30.5 Å². The molecular weight excluding hydrogens is 244 g/mol. The molecule has 0 bridgehead atoms. The second-order valence-electron chi connectivity index (χ2n) is 3.16. The first kappa shape index (κ1) is 13.3. The molecule has 0 spiro atoms. The van der Waals surface area contributed by atoms with Crippen LogP contribution in [0.25, 0.3) is 0 Å². The van der Waals surface area contributed by atoms with Gasteiger partial charge in [-0.1, -0.05) is 0 Å². The Balaban J connectivity index is 2.91. The summed E-state index contributed by atoms with van der Waals surface area (Å²) in [6, 6.07) is 6.83. The summed E-state index contributed by atoms with van der Waals surface area (Å²) in [7, 11) is 0.413. The Morgan fingerprint density at radius 2 is 1.94 bits per heavy atom. The lowest BCUT2D eigenvalue weighted by molar-refractivity contribution is 0.101. The highest BCUT2D eigenvalue weighted by atomic mass is 32.2. The number of thioether (sulfide) groups is 1. The average Bonchev–Trinajstić information content (AvgIpc) is 2.29. The van der Waals surface area contributed by atoms with Gasteiger partial charge in [0.25, 0.3) is 0 Å². The smallest absolute Gasteiger partial charge is 0.188 e. The molecule has 0 aliphatic heterocycles. The van der Waals surface area contributed by atoms with Crippen LogP contribution in [0.15, 0.2) is 24.3 Å². The first-order valence-corrected chi connectivity index (χ1v) is 7.54. The van der Waals surface area contributed by atoms with E-state index in [9.17, 15) is 9.00 Å². The molecular formula is C11H14O3S2. The van der Waals surface area contributed by atoms with Gasteiger partial charge in [0, 0.05) is 22.6 Å². The van der Waals surface area contributed by atoms with Gasteiger partial charge in [0.15, 0.2) is 5.78 Å². The molecule has 16 heavy (non-hydrogen) atoms. The highest BCUT2D eigenvalue weighted by molar-refractivity contribution is 8.11. The maximum atomic E-state index is 12.0. The van der Waals surface area contributed by atoms with Crippen LogP contribution in [-0.4, -0.2) is 34.2 Å². The fourth-order valence-corrected chi connectivity index (χ4v) is 3.16. The Hall–Kier alpha value is -0.810. The van der Waals surface area contributed by atoms with E-state index in [1.54, 1.807) is 43.9 Å². The largest absolute Gasteiger partial charge is 0.497 e. The molecule has 0 heterocycles. The standard InChI is InChI=1S/C11H14O3S2/c1-14-9-6-4-8(5-7-9)10(12)11(15-2)16(3)13/h4-7,11H,1-3H3. The number of carbonyl (C=O) groups excluding carboxylic acids is 1. The van der Waals surface area contributed by atoms with Gasteiger partial charge in [0.1, 0.15) is 10.3 Å². The predicted molar refractivity (Wildman–Crippen MR) is 68.7 cm³/mol. The summed E-state index contributed by atoms with van der Waals surface area (Å²) < 4.78 is 15.9. The number of hydrogen-bond acceptors (Lipinski definition) is 4. The second-order valence-corrected chi connectivity index (χ2v) is 5.87. The van der Waals surface area contributed by atoms with E-state index in [0.717, 1.165) is 0 Å². The van der Waals surface area contributed by atoms with E-state index in [1.165, 1.54) is 11.8 Å². The normalized spacial score (nSPS) is 14.2. The number of ketones is 1. The molecule has 2 atom stereocenters. The molecule has 0 radical (unpaired) electrons. The Morgan fingerprint density at radius 1 is 1.38 bits per heavy atom. The number of Topliss-reactive ketones (excluding diaryl/α,β-unsaturated/α-hetero) is 1. The van der Waals surface area contributed by atoms with Gasteiger partial charge in [0.2, 0.25) is 0 Å². The molecule has 1 aromatic carbocycles. The van der Waals surface area contributed by atoms with Crippen LogP contribution in [0.3, 0.4) is 0 Å². The zero-order valence-electron chi connectivity index (χ0n) is 9.43. The van der Waals surface area contributed by atoms with E-state index >= 15 is 0 Å². The summed E-state index contributed by atoms with van der Waals surface area (Å²) in [6.07, 6.45) is 3.33. The van der Waals surface area contributed by atoms with Crippen LogP contribution in [-0.2, 0) is 10.8 Å². The summed E-state index contributed by atoms with van der Waals surface area (Å²) in [6.45, 7) is 0. The Morgan fingerprint density at radius 3 is 2.31 bits per heavy atom. The predicted octanol–water partition coefficient (Wildman–Crippen LogP) is 1.95. The van der Waals surface area contributed by atoms with Gasteiger partial charge in [0.05, 0.1) is 7.11 Å². The molecule has 0 aromatic heterocycles. The maximum absolute atomic E-state index is 12.0. The van der Waals surface area contributed by atoms with E-state index in [0.29, 0.717) is 11.3 Å². The van der Waals surface area contributed by atoms with Gasteiger partial charge in [-0.15, -0.1) is 11.8 Å². The minimum Gasteiger partial charge on any atom is -0.497 e. The van der Waals surface area contributed by atoms with Crippen molar-refractivity contribution in [2.24, 2.45) is 0 Å². The molecule has 3 nitrogen and oxygen atoms in total. The van der Waals surface area contributed by atoms with Gasteiger partial charge >= 0.3 is 0 Å². The van der Waals surface area contributed by atoms with Crippen molar-refractivity contribution in [3.05, 3.63) is 29.8 Å². The number of rotatable bonds is 5. The van der Waals surface area contributed by atoms with Gasteiger partial charge in [-0.3, -0.25) is 9.00 Å². The molecule has 0 fully saturated rings. The lowest BCUT2D eigenvalue weighted by Gasteiger charge is -2.10. The number of carbonyl (C=O) groups is 1. The fourth-order valence-electron chi connectivity index (χ4n) is 1.28. The monoisotopic (exact) mass is 258 g/mol. The SMILES string of the molecule is COc1ccc(C(=O)C(SC)S(C)=O)cc1. The third kappa shape index (κ3) is 3.09. The number of benzene rings is 1. The molecule has 2 unspecified atom stereocenters. The Kier molecular flexibility index (Phi) is 5.02. The first-order valence-electron chi connectivity index (χ1n) is 4.63. The molecule has 0 aliphatic carbocycles. The topological polar surface area (TPSA) is 43.4 Å². The van der Waals surface area contributed by atoms with Crippen LogP contribution >= 0.6 is 11.8 Å². The van der Waals surface area contributed by atoms with Crippen molar-refractivity contribution in [1.82, 2.24) is 0 Å². The van der Waals surface area contributed by atoms with Crippen LogP contribution < -0.4 is 4.74 Å². The summed E-state index contributed by atoms with van der Waals surface area (Å²) in [5, 5.41) is 0. The average molecular weight is 258 g/mol. The van der Waals surface area contributed by atoms with E-state index < -0.39 is 15.4 Å². The molecule has 1 aromatic rings. The third-order valence-corrected chi connectivity index (χ3v) is 4.95. The van der Waals surface area contributed by atoms with Crippen molar-refractivity contribution in [1.29, 1.82) is 0 Å². The lowest BCUT2D eigenvalue weighted by Crippen LogP contribution is -2.21. The molecule has 0 saturated carbocycles. The fraction of sp³-hybridized carbons (Fsp3) is 0.364. The molecule has 5 heteroatoms. The van der Waals surface area contributed by atoms with Gasteiger partial charge in [-0.2, -0.15) is 0 Å². The van der Waals surface area contributed by atoms with Crippen molar-refractivity contribution in [2.45, 2.75) is 4.58 Å². The minimum atomic E-state index is -1.16. The lowest BCUT2D eigenvalue weighted by atomic mass is 10.1. The van der Waals surface area contributed by atoms with Crippen LogP contribution in [0.1, 0.15) is 10.4 Å². The number of ether oxygens (including phenoxy) is 1. The van der Waals surface area contributed by atoms with Crippen molar-refractivity contribution < 1.29 is 13.7 Å². The second kappa shape index (κ2) is 6.06. The van der Waals surface area contributed by atoms with Gasteiger partial charge in [-0.25, -0.2) is 0 Å². The van der Waals surface area contributed by atoms with E-state index in [1.807, 2.05) is 0 Å². The zero-order valence-corrected chi connectivity index (χ0v) is 11.1. The Labute approximate surface area is 102 Å². The highest BCUT2D eigenvalue weighted by Crippen LogP contribution is 2.19. The van der Waals surface area contributed by atoms with Crippen LogP contribution in [0.5, 0.6) is 5.75 Å². The molecule has 0 aliphatic rings. The zero-order chi connectivity index (χ0) is 12.1. The van der Waals surface area contributed by atoms with Crippen LogP contribution in [0.2, 0.25) is 0 Å². The van der Waals surface area contributed by atoms with Crippen molar-refractivity contribution in [3.63, 3.8) is 0 Å². The summed E-state index contributed by atoms with van der Waals surface area (Å²) in [5.74, 6) is 0.603. The molecule has 0 N–H and O–H groups in total. The molecule has 0 saturated heterocycles. The number of methoxy groups -OCH3 is 1. The van der Waals surface area contributed by atoms with Crippen molar-refractivity contribution in [2.75, 3.05) is 19.6 Å². The number of hydrogen-bond donors (Lipinski definition) is 0. The first-order chi connectivity index (χ1) is 7.60. The molecule has 1 rings (SSSR count). The Bertz CT molecular complexity index is 387. The van der Waals surface area contributed by atoms with Crippen LogP contribution in [0, 0.1) is 0 Å². The summed E-state index contributed by atoms with van der Waals surface area (Å²) in [5.41, 5.74) is 0.565. The third-order valence-electron chi connectivity index (χ3n) is 2.10. The van der Waals surface area contributed by atoms with Crippen molar-refractivity contribution >= 4 is 28.3 Å². The highest BCUT2D eigenvalue weighted by Gasteiger charge is 2.22. The van der Waals surface area contributed by atoms with Crippen molar-refractivity contribution in [3.8, 4) is 5.75 Å². The minimum absolute atomic E-state index is 0.101. The van der Waals surface area contributed by atoms with E-state index in [2.05, 4.69) is 0 Å². The van der Waals surface area contributed by atoms with E-state index in [4.69, 9.17) is 4.74 Å².